The first-order chi connectivity index (χ1) is 9.25. The summed E-state index contributed by atoms with van der Waals surface area (Å²) in [6.07, 6.45) is 1.24. The second kappa shape index (κ2) is 5.24. The van der Waals surface area contributed by atoms with Gasteiger partial charge in [0.05, 0.1) is 24.4 Å². The van der Waals surface area contributed by atoms with Crippen molar-refractivity contribution in [2.75, 3.05) is 12.9 Å². The molecule has 1 aliphatic heterocycles. The van der Waals surface area contributed by atoms with Crippen LogP contribution in [0.4, 0.5) is 0 Å². The Kier molecular flexibility index (Phi) is 3.95. The Balaban J connectivity index is 2.27. The normalized spacial score (nSPS) is 20.9. The molecular formula is C9H10N2O6S3. The average Bonchev–Trinajstić information content (AvgIpc) is 2.94. The second-order valence-corrected chi connectivity index (χ2v) is 8.56. The van der Waals surface area contributed by atoms with Gasteiger partial charge in [0, 0.05) is 5.41 Å². The van der Waals surface area contributed by atoms with Gasteiger partial charge in [0.25, 0.3) is 10.0 Å². The van der Waals surface area contributed by atoms with Crippen LogP contribution in [0, 0.1) is 0 Å². The summed E-state index contributed by atoms with van der Waals surface area (Å²) in [5.41, 5.74) is 0.872. The summed E-state index contributed by atoms with van der Waals surface area (Å²) < 4.78 is 53.0. The lowest BCUT2D eigenvalue weighted by Crippen LogP contribution is -2.35. The predicted molar refractivity (Wildman–Crippen MR) is 70.5 cm³/mol. The van der Waals surface area contributed by atoms with Crippen LogP contribution in [-0.4, -0.2) is 46.7 Å². The number of esters is 1. The van der Waals surface area contributed by atoms with Gasteiger partial charge in [-0.3, -0.25) is 0 Å². The summed E-state index contributed by atoms with van der Waals surface area (Å²) in [6, 6.07) is -0.863. The number of nitrogens with zero attached hydrogens (tertiary/aromatic N) is 1. The molecule has 0 spiro atoms. The third kappa shape index (κ3) is 3.06. The van der Waals surface area contributed by atoms with Crippen molar-refractivity contribution in [2.45, 2.75) is 10.3 Å². The first-order valence-corrected chi connectivity index (χ1v) is 9.28. The number of sulfone groups is 1. The Morgan fingerprint density at radius 3 is 2.80 bits per heavy atom. The van der Waals surface area contributed by atoms with Crippen LogP contribution >= 0.6 is 11.3 Å². The topological polar surface area (TPSA) is 120 Å². The zero-order chi connectivity index (χ0) is 15.0. The van der Waals surface area contributed by atoms with E-state index >= 15 is 0 Å². The van der Waals surface area contributed by atoms with E-state index in [9.17, 15) is 21.6 Å². The zero-order valence-electron chi connectivity index (χ0n) is 10.1. The van der Waals surface area contributed by atoms with E-state index in [-0.39, 0.29) is 15.7 Å². The highest BCUT2D eigenvalue weighted by atomic mass is 32.2. The fraction of sp³-hybridized carbons (Fsp3) is 0.333. The molecule has 1 atom stereocenters. The van der Waals surface area contributed by atoms with Crippen LogP contribution in [0.2, 0.25) is 0 Å². The van der Waals surface area contributed by atoms with Crippen molar-refractivity contribution in [3.8, 4) is 0 Å². The molecule has 8 nitrogen and oxygen atoms in total. The predicted octanol–water partition coefficient (Wildman–Crippen LogP) is -0.481. The van der Waals surface area contributed by atoms with Gasteiger partial charge in [-0.05, 0) is 0 Å². The van der Waals surface area contributed by atoms with Crippen molar-refractivity contribution in [1.82, 2.24) is 9.71 Å². The molecule has 0 fully saturated rings. The van der Waals surface area contributed by atoms with Crippen molar-refractivity contribution >= 4 is 37.2 Å². The van der Waals surface area contributed by atoms with Crippen molar-refractivity contribution in [3.05, 3.63) is 22.7 Å². The van der Waals surface area contributed by atoms with Gasteiger partial charge in [0.2, 0.25) is 0 Å². The van der Waals surface area contributed by atoms with E-state index in [1.54, 1.807) is 0 Å². The molecule has 0 bridgehead atoms. The molecule has 1 aromatic rings. The molecule has 2 heterocycles. The van der Waals surface area contributed by atoms with Crippen LogP contribution in [0.5, 0.6) is 0 Å². The van der Waals surface area contributed by atoms with E-state index in [1.165, 1.54) is 11.6 Å². The maximum absolute atomic E-state index is 12.1. The van der Waals surface area contributed by atoms with E-state index in [0.717, 1.165) is 23.9 Å². The van der Waals surface area contributed by atoms with Gasteiger partial charge in [-0.25, -0.2) is 31.3 Å². The number of hydrogen-bond donors (Lipinski definition) is 1. The number of nitrogens with one attached hydrogen (secondary N) is 1. The van der Waals surface area contributed by atoms with E-state index in [0.29, 0.717) is 0 Å². The number of aromatic nitrogens is 1. The summed E-state index contributed by atoms with van der Waals surface area (Å²) in [5, 5.41) is 0.952. The molecule has 1 N–H and O–H groups in total. The van der Waals surface area contributed by atoms with Crippen LogP contribution < -0.4 is 4.72 Å². The summed E-state index contributed by atoms with van der Waals surface area (Å²) in [7, 11) is -6.32. The minimum absolute atomic E-state index is 0.304. The van der Waals surface area contributed by atoms with Gasteiger partial charge in [0.15, 0.2) is 19.7 Å². The number of ether oxygens (including phenoxy) is 1. The van der Waals surface area contributed by atoms with Gasteiger partial charge in [-0.2, -0.15) is 0 Å². The number of sulfonamides is 1. The monoisotopic (exact) mass is 338 g/mol. The van der Waals surface area contributed by atoms with Crippen molar-refractivity contribution in [2.24, 2.45) is 0 Å². The number of hydrogen-bond acceptors (Lipinski definition) is 8. The van der Waals surface area contributed by atoms with Gasteiger partial charge in [-0.1, -0.05) is 6.08 Å². The summed E-state index contributed by atoms with van der Waals surface area (Å²) >= 11 is 0.748. The molecule has 0 aromatic carbocycles. The van der Waals surface area contributed by atoms with Crippen LogP contribution in [0.25, 0.3) is 0 Å². The maximum atomic E-state index is 12.1. The smallest absolute Gasteiger partial charge is 0.358 e. The maximum Gasteiger partial charge on any atom is 0.358 e. The molecule has 0 saturated carbocycles. The molecule has 0 saturated heterocycles. The molecular weight excluding hydrogens is 328 g/mol. The standard InChI is InChI=1S/C9H10N2O6S3/c1-17-8(12)7-9(18-5-10-7)20(15,16)11-6-2-3-19(13,14)4-6/h2-3,5-6,11H,4H2,1H3. The highest BCUT2D eigenvalue weighted by molar-refractivity contribution is 7.94. The fourth-order valence-electron chi connectivity index (χ4n) is 1.56. The first-order valence-electron chi connectivity index (χ1n) is 5.20. The Hall–Kier alpha value is -1.30. The lowest BCUT2D eigenvalue weighted by molar-refractivity contribution is 0.0590. The molecule has 0 aliphatic carbocycles. The number of carbonyl (C=O) groups excluding carboxylic acids is 1. The Labute approximate surface area is 119 Å². The van der Waals surface area contributed by atoms with E-state index in [1.807, 2.05) is 0 Å². The van der Waals surface area contributed by atoms with Crippen LogP contribution in [-0.2, 0) is 24.6 Å². The molecule has 0 amide bonds. The Morgan fingerprint density at radius 2 is 2.25 bits per heavy atom. The Morgan fingerprint density at radius 1 is 1.55 bits per heavy atom. The number of thiazole rings is 1. The van der Waals surface area contributed by atoms with Gasteiger partial charge in [-0.15, -0.1) is 11.3 Å². The third-order valence-electron chi connectivity index (χ3n) is 2.39. The highest BCUT2D eigenvalue weighted by Crippen LogP contribution is 2.22. The third-order valence-corrected chi connectivity index (χ3v) is 6.65. The quantitative estimate of drug-likeness (QED) is 0.736. The molecule has 2 rings (SSSR count). The van der Waals surface area contributed by atoms with E-state index < -0.39 is 31.9 Å². The van der Waals surface area contributed by atoms with Gasteiger partial charge in [0.1, 0.15) is 0 Å². The molecule has 1 unspecified atom stereocenters. The van der Waals surface area contributed by atoms with E-state index in [2.05, 4.69) is 14.4 Å². The molecule has 20 heavy (non-hydrogen) atoms. The largest absolute Gasteiger partial charge is 0.464 e. The van der Waals surface area contributed by atoms with Crippen LogP contribution in [0.15, 0.2) is 21.2 Å². The minimum atomic E-state index is -4.05. The lowest BCUT2D eigenvalue weighted by Gasteiger charge is -2.09. The van der Waals surface area contributed by atoms with E-state index in [4.69, 9.17) is 0 Å². The van der Waals surface area contributed by atoms with Crippen molar-refractivity contribution in [1.29, 1.82) is 0 Å². The minimum Gasteiger partial charge on any atom is -0.464 e. The molecule has 11 heteroatoms. The average molecular weight is 338 g/mol. The number of methoxy groups -OCH3 is 1. The molecule has 110 valence electrons. The number of carbonyl (C=O) groups is 1. The second-order valence-electron chi connectivity index (χ2n) is 3.87. The van der Waals surface area contributed by atoms with Crippen molar-refractivity contribution in [3.63, 3.8) is 0 Å². The molecule has 1 aromatic heterocycles. The van der Waals surface area contributed by atoms with Crippen molar-refractivity contribution < 1.29 is 26.4 Å². The first kappa shape index (κ1) is 15.1. The lowest BCUT2D eigenvalue weighted by atomic mass is 10.4. The van der Waals surface area contributed by atoms with Gasteiger partial charge < -0.3 is 4.74 Å². The zero-order valence-corrected chi connectivity index (χ0v) is 12.6. The SMILES string of the molecule is COC(=O)c1ncsc1S(=O)(=O)NC1C=CS(=O)(=O)C1. The fourth-order valence-corrected chi connectivity index (χ4v) is 5.24. The summed E-state index contributed by atoms with van der Waals surface area (Å²) in [6.45, 7) is 0. The Bertz CT molecular complexity index is 761. The van der Waals surface area contributed by atoms with Gasteiger partial charge >= 0.3 is 5.97 Å². The number of rotatable bonds is 4. The van der Waals surface area contributed by atoms with Crippen LogP contribution in [0.3, 0.4) is 0 Å². The molecule has 1 aliphatic rings. The summed E-state index contributed by atoms with van der Waals surface area (Å²) in [5.74, 6) is -1.22. The highest BCUT2D eigenvalue weighted by Gasteiger charge is 2.31. The van der Waals surface area contributed by atoms with Crippen LogP contribution in [0.1, 0.15) is 10.5 Å². The molecule has 0 radical (unpaired) electrons. The summed E-state index contributed by atoms with van der Waals surface area (Å²) in [4.78, 5) is 15.0.